The van der Waals surface area contributed by atoms with Crippen LogP contribution in [-0.2, 0) is 36.8 Å². The Kier molecular flexibility index (Phi) is 6.31. The molecule has 0 fully saturated rings. The van der Waals surface area contributed by atoms with Crippen LogP contribution in [0.5, 0.6) is 11.5 Å². The summed E-state index contributed by atoms with van der Waals surface area (Å²) in [6, 6.07) is 32.6. The van der Waals surface area contributed by atoms with Crippen LogP contribution in [0.4, 0.5) is 0 Å². The van der Waals surface area contributed by atoms with Crippen molar-refractivity contribution in [3.63, 3.8) is 0 Å². The Labute approximate surface area is 287 Å². The van der Waals surface area contributed by atoms with Crippen molar-refractivity contribution >= 4 is 39.6 Å². The van der Waals surface area contributed by atoms with Gasteiger partial charge < -0.3 is 14.0 Å². The van der Waals surface area contributed by atoms with E-state index in [0.717, 1.165) is 43.8 Å². The normalized spacial score (nSPS) is 21.7. The number of ether oxygens (including phenoxy) is 2. The smallest absolute Gasteiger partial charge is 0.510 e. The monoisotopic (exact) mass is 800 g/mol. The minimum atomic E-state index is -0.548. The van der Waals surface area contributed by atoms with Crippen molar-refractivity contribution < 1.29 is 30.5 Å². The van der Waals surface area contributed by atoms with Crippen LogP contribution < -0.4 is 4.74 Å². The number of hydrogen-bond donors (Lipinski definition) is 0. The van der Waals surface area contributed by atoms with Crippen LogP contribution in [0.2, 0.25) is 0 Å². The summed E-state index contributed by atoms with van der Waals surface area (Å²) in [7, 11) is 0. The average molecular weight is 801 g/mol. The fourth-order valence-electron chi connectivity index (χ4n) is 7.69. The summed E-state index contributed by atoms with van der Waals surface area (Å²) in [6.07, 6.45) is 1.85. The number of aliphatic imine (C=N–C) groups is 1. The van der Waals surface area contributed by atoms with Gasteiger partial charge in [0.25, 0.3) is 0 Å². The molecule has 230 valence electrons. The molecule has 1 aliphatic carbocycles. The molecule has 0 spiro atoms. The number of hydrogen-bond acceptors (Lipinski definition) is 5. The Morgan fingerprint density at radius 1 is 0.848 bits per heavy atom. The van der Waals surface area contributed by atoms with Gasteiger partial charge in [-0.3, -0.25) is 4.99 Å². The molecule has 0 unspecified atom stereocenters. The van der Waals surface area contributed by atoms with E-state index in [0.29, 0.717) is 17.4 Å². The Hall–Kier alpha value is -3.86. The molecule has 0 N–H and O–H groups in total. The van der Waals surface area contributed by atoms with Gasteiger partial charge in [-0.1, -0.05) is 86.7 Å². The number of aryl methyl sites for hydroxylation is 2. The number of rotatable bonds is 3. The van der Waals surface area contributed by atoms with Crippen molar-refractivity contribution in [2.45, 2.75) is 67.9 Å². The van der Waals surface area contributed by atoms with Gasteiger partial charge in [0, 0.05) is 38.8 Å². The first kappa shape index (κ1) is 29.5. The predicted octanol–water partition coefficient (Wildman–Crippen LogP) is 9.39. The fraction of sp³-hybridized carbons (Fsp3) is 0.231. The van der Waals surface area contributed by atoms with E-state index in [1.165, 1.54) is 21.4 Å². The summed E-state index contributed by atoms with van der Waals surface area (Å²) in [6.45, 7) is 13.0. The van der Waals surface area contributed by atoms with E-state index in [9.17, 15) is 0 Å². The topological polar surface area (TPSA) is 48.6 Å². The van der Waals surface area contributed by atoms with Crippen LogP contribution in [0.1, 0.15) is 55.5 Å². The van der Waals surface area contributed by atoms with E-state index >= 15 is 0 Å². The first-order chi connectivity index (χ1) is 21.6. The van der Waals surface area contributed by atoms with Gasteiger partial charge in [0.15, 0.2) is 0 Å². The number of nitrogens with zero attached hydrogens (tertiary/aromatic N) is 3. The number of fused-ring (bicyclic) bond motifs is 8. The predicted molar refractivity (Wildman–Crippen MR) is 179 cm³/mol. The van der Waals surface area contributed by atoms with Gasteiger partial charge >= 0.3 is 21.1 Å². The fourth-order valence-corrected chi connectivity index (χ4v) is 8.85. The van der Waals surface area contributed by atoms with E-state index in [-0.39, 0.29) is 26.5 Å². The SMILES string of the molecule is Cc1cc(Oc2[c-]c3c(cc2C)Sc2cccc4c5cccnc5n-3c24)[c-]c(C2=N[C@]3(C)c4ccccc4C(C)(C)[C@]3(C)O2)c1.[Pt+2]. The minimum Gasteiger partial charge on any atom is -0.510 e. The summed E-state index contributed by atoms with van der Waals surface area (Å²) in [5.41, 5.74) is 7.07. The van der Waals surface area contributed by atoms with Gasteiger partial charge in [-0.25, -0.2) is 4.98 Å². The molecule has 9 rings (SSSR count). The number of para-hydroxylation sites is 1. The molecule has 3 aliphatic rings. The number of pyridine rings is 1. The molecule has 0 bridgehead atoms. The summed E-state index contributed by atoms with van der Waals surface area (Å²) in [5.74, 6) is 1.86. The molecule has 0 amide bonds. The maximum absolute atomic E-state index is 6.86. The van der Waals surface area contributed by atoms with E-state index in [1.54, 1.807) is 11.8 Å². The first-order valence-electron chi connectivity index (χ1n) is 15.3. The number of aromatic nitrogens is 2. The van der Waals surface area contributed by atoms with Gasteiger partial charge in [0.1, 0.15) is 22.7 Å². The van der Waals surface area contributed by atoms with Crippen LogP contribution in [0.3, 0.4) is 0 Å². The van der Waals surface area contributed by atoms with E-state index < -0.39 is 11.1 Å². The average Bonchev–Trinajstić information content (AvgIpc) is 3.55. The summed E-state index contributed by atoms with van der Waals surface area (Å²) in [4.78, 5) is 12.4. The van der Waals surface area contributed by atoms with E-state index in [4.69, 9.17) is 19.5 Å². The second-order valence-corrected chi connectivity index (χ2v) is 14.4. The minimum absolute atomic E-state index is 0. The molecule has 2 atom stereocenters. The maximum Gasteiger partial charge on any atom is 2.00 e. The molecular formula is C39H31N3O2PtS. The summed E-state index contributed by atoms with van der Waals surface area (Å²) < 4.78 is 15.7. The standard InChI is InChI=1S/C39H31N3O2S.Pt/c1-22-17-24(36-41-38(5)29-14-8-7-13-28(29)37(3,4)39(38,6)44-36)20-25(18-22)43-31-21-30-33(19-23(31)2)45-32-15-9-11-26-27-12-10-16-40-35(27)42(30)34(26)32;/h7-19H,1-6H3;/q-2;+2/t38-,39+;/m1./s1. The van der Waals surface area contributed by atoms with Crippen LogP contribution in [0.25, 0.3) is 27.6 Å². The molecule has 2 aromatic heterocycles. The van der Waals surface area contributed by atoms with Crippen molar-refractivity contribution in [3.8, 4) is 17.2 Å². The zero-order valence-corrected chi connectivity index (χ0v) is 29.5. The van der Waals surface area contributed by atoms with Crippen LogP contribution in [0.15, 0.2) is 93.8 Å². The molecule has 4 heterocycles. The molecule has 46 heavy (non-hydrogen) atoms. The van der Waals surface area contributed by atoms with Crippen molar-refractivity contribution in [2.24, 2.45) is 4.99 Å². The zero-order valence-electron chi connectivity index (χ0n) is 26.4. The Bertz CT molecular complexity index is 2310. The second-order valence-electron chi connectivity index (χ2n) is 13.3. The third-order valence-electron chi connectivity index (χ3n) is 10.4. The van der Waals surface area contributed by atoms with E-state index in [1.807, 2.05) is 18.3 Å². The molecule has 5 nitrogen and oxygen atoms in total. The Morgan fingerprint density at radius 3 is 2.46 bits per heavy atom. The summed E-state index contributed by atoms with van der Waals surface area (Å²) >= 11 is 1.77. The molecule has 0 saturated heterocycles. The Balaban J connectivity index is 0.00000312. The molecule has 0 saturated carbocycles. The molecule has 7 heteroatoms. The molecule has 6 aromatic rings. The zero-order chi connectivity index (χ0) is 30.9. The van der Waals surface area contributed by atoms with Crippen LogP contribution in [-0.4, -0.2) is 21.0 Å². The summed E-state index contributed by atoms with van der Waals surface area (Å²) in [5, 5.41) is 2.32. The molecule has 4 aromatic carbocycles. The molecule has 2 aliphatic heterocycles. The van der Waals surface area contributed by atoms with Crippen molar-refractivity contribution in [1.82, 2.24) is 9.55 Å². The third kappa shape index (κ3) is 3.74. The van der Waals surface area contributed by atoms with Gasteiger partial charge in [0.05, 0.1) is 5.52 Å². The van der Waals surface area contributed by atoms with Gasteiger partial charge in [-0.05, 0) is 48.9 Å². The van der Waals surface area contributed by atoms with Crippen molar-refractivity contribution in [3.05, 3.63) is 119 Å². The molecular weight excluding hydrogens is 770 g/mol. The largest absolute Gasteiger partial charge is 2.00 e. The molecule has 0 radical (unpaired) electrons. The van der Waals surface area contributed by atoms with Crippen LogP contribution >= 0.6 is 11.8 Å². The van der Waals surface area contributed by atoms with Crippen molar-refractivity contribution in [2.75, 3.05) is 0 Å². The van der Waals surface area contributed by atoms with Gasteiger partial charge in [0.2, 0.25) is 0 Å². The second kappa shape index (κ2) is 9.82. The van der Waals surface area contributed by atoms with E-state index in [2.05, 4.69) is 119 Å². The third-order valence-corrected chi connectivity index (χ3v) is 11.5. The maximum atomic E-state index is 6.86. The first-order valence-corrected chi connectivity index (χ1v) is 16.1. The van der Waals surface area contributed by atoms with Crippen LogP contribution in [0, 0.1) is 26.0 Å². The van der Waals surface area contributed by atoms with Crippen molar-refractivity contribution in [1.29, 1.82) is 0 Å². The Morgan fingerprint density at radius 2 is 1.63 bits per heavy atom. The number of benzene rings is 4. The quantitative estimate of drug-likeness (QED) is 0.167. The van der Waals surface area contributed by atoms with Gasteiger partial charge in [-0.2, -0.15) is 17.8 Å². The van der Waals surface area contributed by atoms with Gasteiger partial charge in [-0.15, -0.1) is 23.3 Å².